The van der Waals surface area contributed by atoms with Crippen molar-refractivity contribution in [2.75, 3.05) is 19.7 Å². The summed E-state index contributed by atoms with van der Waals surface area (Å²) in [6, 6.07) is 3.22. The lowest BCUT2D eigenvalue weighted by Gasteiger charge is -2.25. The van der Waals surface area contributed by atoms with Crippen molar-refractivity contribution in [3.63, 3.8) is 0 Å². The van der Waals surface area contributed by atoms with Gasteiger partial charge in [0, 0.05) is 24.7 Å². The maximum absolute atomic E-state index is 9.80. The Morgan fingerprint density at radius 2 is 2.19 bits per heavy atom. The minimum atomic E-state index is -0.125. The summed E-state index contributed by atoms with van der Waals surface area (Å²) in [5.41, 5.74) is 1.59. The smallest absolute Gasteiger partial charge is 0.125 e. The first-order valence-electron chi connectivity index (χ1n) is 5.59. The van der Waals surface area contributed by atoms with Crippen molar-refractivity contribution in [3.05, 3.63) is 23.3 Å². The standard InChI is InChI=1S/C12H17NO3/c1-2-8-5-9(11(15)6-10(8)14)12-7-13-3-4-16-12/h5-6,12-15H,2-4,7H2,1H3. The summed E-state index contributed by atoms with van der Waals surface area (Å²) in [7, 11) is 0. The highest BCUT2D eigenvalue weighted by Gasteiger charge is 2.20. The van der Waals surface area contributed by atoms with Crippen LogP contribution >= 0.6 is 0 Å². The third-order valence-corrected chi connectivity index (χ3v) is 2.88. The number of hydrogen-bond donors (Lipinski definition) is 3. The Morgan fingerprint density at radius 3 is 2.81 bits per heavy atom. The molecule has 0 aliphatic carbocycles. The molecule has 0 saturated carbocycles. The Kier molecular flexibility index (Phi) is 3.31. The second kappa shape index (κ2) is 4.72. The average molecular weight is 223 g/mol. The van der Waals surface area contributed by atoms with Crippen LogP contribution in [0.2, 0.25) is 0 Å². The van der Waals surface area contributed by atoms with Crippen molar-refractivity contribution >= 4 is 0 Å². The molecule has 1 unspecified atom stereocenters. The van der Waals surface area contributed by atoms with E-state index < -0.39 is 0 Å². The monoisotopic (exact) mass is 223 g/mol. The molecule has 1 saturated heterocycles. The van der Waals surface area contributed by atoms with Crippen LogP contribution in [0.15, 0.2) is 12.1 Å². The zero-order valence-corrected chi connectivity index (χ0v) is 9.36. The molecule has 1 aliphatic rings. The molecule has 0 aromatic heterocycles. The Morgan fingerprint density at radius 1 is 1.38 bits per heavy atom. The summed E-state index contributed by atoms with van der Waals surface area (Å²) < 4.78 is 5.58. The van der Waals surface area contributed by atoms with Crippen molar-refractivity contribution in [1.82, 2.24) is 5.32 Å². The average Bonchev–Trinajstić information content (AvgIpc) is 2.30. The number of hydrogen-bond acceptors (Lipinski definition) is 4. The van der Waals surface area contributed by atoms with Gasteiger partial charge >= 0.3 is 0 Å². The number of nitrogens with one attached hydrogen (secondary N) is 1. The summed E-state index contributed by atoms with van der Waals surface area (Å²) in [4.78, 5) is 0. The maximum atomic E-state index is 9.80. The number of morpholine rings is 1. The molecular formula is C12H17NO3. The first-order chi connectivity index (χ1) is 7.72. The van der Waals surface area contributed by atoms with Crippen molar-refractivity contribution in [2.24, 2.45) is 0 Å². The first kappa shape index (κ1) is 11.2. The van der Waals surface area contributed by atoms with Gasteiger partial charge in [-0.05, 0) is 18.1 Å². The van der Waals surface area contributed by atoms with Crippen molar-refractivity contribution in [3.8, 4) is 11.5 Å². The third kappa shape index (κ3) is 2.13. The normalized spacial score (nSPS) is 20.9. The molecule has 0 bridgehead atoms. The largest absolute Gasteiger partial charge is 0.508 e. The number of aryl methyl sites for hydroxylation is 1. The lowest BCUT2D eigenvalue weighted by atomic mass is 10.0. The summed E-state index contributed by atoms with van der Waals surface area (Å²) in [6.07, 6.45) is 0.610. The van der Waals surface area contributed by atoms with Crippen LogP contribution in [0.25, 0.3) is 0 Å². The molecule has 4 heteroatoms. The summed E-state index contributed by atoms with van der Waals surface area (Å²) in [5.74, 6) is 0.246. The molecule has 16 heavy (non-hydrogen) atoms. The molecule has 0 radical (unpaired) electrons. The molecular weight excluding hydrogens is 206 g/mol. The topological polar surface area (TPSA) is 61.7 Å². The summed E-state index contributed by atoms with van der Waals surface area (Å²) >= 11 is 0. The minimum Gasteiger partial charge on any atom is -0.508 e. The van der Waals surface area contributed by atoms with E-state index in [0.717, 1.165) is 24.1 Å². The van der Waals surface area contributed by atoms with Crippen LogP contribution in [-0.2, 0) is 11.2 Å². The Labute approximate surface area is 94.9 Å². The van der Waals surface area contributed by atoms with E-state index >= 15 is 0 Å². The van der Waals surface area contributed by atoms with Gasteiger partial charge in [0.2, 0.25) is 0 Å². The Balaban J connectivity index is 2.31. The fourth-order valence-corrected chi connectivity index (χ4v) is 1.95. The van der Waals surface area contributed by atoms with E-state index in [1.54, 1.807) is 0 Å². The van der Waals surface area contributed by atoms with E-state index in [1.165, 1.54) is 6.07 Å². The molecule has 3 N–H and O–H groups in total. The molecule has 4 nitrogen and oxygen atoms in total. The van der Waals surface area contributed by atoms with E-state index in [0.29, 0.717) is 13.2 Å². The number of aromatic hydroxyl groups is 2. The Bertz CT molecular complexity index is 373. The fourth-order valence-electron chi connectivity index (χ4n) is 1.95. The van der Waals surface area contributed by atoms with Crippen molar-refractivity contribution < 1.29 is 14.9 Å². The van der Waals surface area contributed by atoms with Gasteiger partial charge in [-0.15, -0.1) is 0 Å². The van der Waals surface area contributed by atoms with Crippen molar-refractivity contribution in [2.45, 2.75) is 19.4 Å². The van der Waals surface area contributed by atoms with Gasteiger partial charge in [0.1, 0.15) is 11.5 Å². The van der Waals surface area contributed by atoms with Crippen LogP contribution in [0, 0.1) is 0 Å². The molecule has 88 valence electrons. The highest BCUT2D eigenvalue weighted by atomic mass is 16.5. The molecule has 1 aromatic carbocycles. The second-order valence-electron chi connectivity index (χ2n) is 3.96. The third-order valence-electron chi connectivity index (χ3n) is 2.88. The van der Waals surface area contributed by atoms with E-state index in [1.807, 2.05) is 13.0 Å². The first-order valence-corrected chi connectivity index (χ1v) is 5.59. The van der Waals surface area contributed by atoms with Crippen LogP contribution in [0.4, 0.5) is 0 Å². The van der Waals surface area contributed by atoms with Crippen LogP contribution in [0.1, 0.15) is 24.2 Å². The van der Waals surface area contributed by atoms with Crippen LogP contribution in [-0.4, -0.2) is 29.9 Å². The van der Waals surface area contributed by atoms with Gasteiger partial charge in [-0.1, -0.05) is 6.92 Å². The number of benzene rings is 1. The predicted octanol–water partition coefficient (Wildman–Crippen LogP) is 1.32. The SMILES string of the molecule is CCc1cc(C2CNCCO2)c(O)cc1O. The van der Waals surface area contributed by atoms with Gasteiger partial charge in [-0.25, -0.2) is 0 Å². The van der Waals surface area contributed by atoms with E-state index in [-0.39, 0.29) is 17.6 Å². The molecule has 1 fully saturated rings. The zero-order chi connectivity index (χ0) is 11.5. The Hall–Kier alpha value is -1.26. The quantitative estimate of drug-likeness (QED) is 0.707. The van der Waals surface area contributed by atoms with Gasteiger partial charge < -0.3 is 20.3 Å². The fraction of sp³-hybridized carbons (Fsp3) is 0.500. The molecule has 2 rings (SSSR count). The molecule has 1 aromatic rings. The number of ether oxygens (including phenoxy) is 1. The summed E-state index contributed by atoms with van der Waals surface area (Å²) in [6.45, 7) is 4.15. The van der Waals surface area contributed by atoms with Crippen LogP contribution in [0.5, 0.6) is 11.5 Å². The van der Waals surface area contributed by atoms with Gasteiger partial charge in [-0.2, -0.15) is 0 Å². The highest BCUT2D eigenvalue weighted by Crippen LogP contribution is 2.33. The van der Waals surface area contributed by atoms with Gasteiger partial charge in [-0.3, -0.25) is 0 Å². The van der Waals surface area contributed by atoms with Gasteiger partial charge in [0.15, 0.2) is 0 Å². The predicted molar refractivity (Wildman–Crippen MR) is 60.7 cm³/mol. The van der Waals surface area contributed by atoms with Gasteiger partial charge in [0.05, 0.1) is 12.7 Å². The van der Waals surface area contributed by atoms with E-state index in [9.17, 15) is 10.2 Å². The van der Waals surface area contributed by atoms with Crippen LogP contribution in [0.3, 0.4) is 0 Å². The molecule has 1 aliphatic heterocycles. The van der Waals surface area contributed by atoms with Crippen molar-refractivity contribution in [1.29, 1.82) is 0 Å². The molecule has 0 spiro atoms. The number of phenolic OH excluding ortho intramolecular Hbond substituents is 2. The summed E-state index contributed by atoms with van der Waals surface area (Å²) in [5, 5.41) is 22.6. The zero-order valence-electron chi connectivity index (χ0n) is 9.36. The lowest BCUT2D eigenvalue weighted by Crippen LogP contribution is -2.33. The molecule has 1 atom stereocenters. The van der Waals surface area contributed by atoms with Crippen LogP contribution < -0.4 is 5.32 Å². The number of phenols is 2. The maximum Gasteiger partial charge on any atom is 0.125 e. The highest BCUT2D eigenvalue weighted by molar-refractivity contribution is 5.46. The molecule has 0 amide bonds. The second-order valence-corrected chi connectivity index (χ2v) is 3.96. The van der Waals surface area contributed by atoms with E-state index in [4.69, 9.17) is 4.74 Å². The lowest BCUT2D eigenvalue weighted by molar-refractivity contribution is 0.0262. The minimum absolute atomic E-state index is 0.100. The van der Waals surface area contributed by atoms with E-state index in [2.05, 4.69) is 5.32 Å². The number of rotatable bonds is 2. The van der Waals surface area contributed by atoms with Gasteiger partial charge in [0.25, 0.3) is 0 Å². The molecule has 1 heterocycles.